The van der Waals surface area contributed by atoms with E-state index in [2.05, 4.69) is 25.9 Å². The average molecular weight is 276 g/mol. The Morgan fingerprint density at radius 2 is 2.40 bits per heavy atom. The summed E-state index contributed by atoms with van der Waals surface area (Å²) < 4.78 is 5.44. The molecule has 0 saturated heterocycles. The van der Waals surface area contributed by atoms with E-state index in [4.69, 9.17) is 10.5 Å². The van der Waals surface area contributed by atoms with Crippen LogP contribution in [0.15, 0.2) is 24.3 Å². The molecule has 0 saturated carbocycles. The maximum atomic E-state index is 11.7. The summed E-state index contributed by atoms with van der Waals surface area (Å²) in [6.07, 6.45) is 0.233. The summed E-state index contributed by atoms with van der Waals surface area (Å²) in [5.74, 6) is 0.935. The molecule has 2 rings (SSSR count). The van der Waals surface area contributed by atoms with E-state index in [1.165, 1.54) is 0 Å². The molecular formula is C12H16N6O2. The molecule has 106 valence electrons. The molecule has 4 N–H and O–H groups in total. The first kappa shape index (κ1) is 13.8. The molecule has 1 amide bonds. The van der Waals surface area contributed by atoms with Crippen molar-refractivity contribution in [1.29, 1.82) is 0 Å². The van der Waals surface area contributed by atoms with Crippen molar-refractivity contribution in [2.24, 2.45) is 0 Å². The van der Waals surface area contributed by atoms with Crippen molar-refractivity contribution in [3.63, 3.8) is 0 Å². The predicted octanol–water partition coefficient (Wildman–Crippen LogP) is 0.428. The van der Waals surface area contributed by atoms with Crippen molar-refractivity contribution in [2.75, 3.05) is 12.3 Å². The summed E-state index contributed by atoms with van der Waals surface area (Å²) in [7, 11) is 0. The summed E-state index contributed by atoms with van der Waals surface area (Å²) in [4.78, 5) is 11.7. The van der Waals surface area contributed by atoms with Crippen LogP contribution in [0.2, 0.25) is 0 Å². The number of amides is 1. The third kappa shape index (κ3) is 3.94. The summed E-state index contributed by atoms with van der Waals surface area (Å²) in [6.45, 7) is 2.05. The van der Waals surface area contributed by atoms with Crippen molar-refractivity contribution >= 4 is 11.6 Å². The SMILES string of the molecule is CC(NC(=O)CCOc1cccc(N)c1)c1nn[nH]n1. The Bertz CT molecular complexity index is 557. The maximum Gasteiger partial charge on any atom is 0.224 e. The molecule has 1 unspecified atom stereocenters. The zero-order valence-electron chi connectivity index (χ0n) is 11.0. The fourth-order valence-electron chi connectivity index (χ4n) is 1.60. The molecule has 2 aromatic rings. The number of rotatable bonds is 6. The van der Waals surface area contributed by atoms with Gasteiger partial charge in [-0.2, -0.15) is 5.21 Å². The molecule has 1 atom stereocenters. The Morgan fingerprint density at radius 3 is 3.10 bits per heavy atom. The highest BCUT2D eigenvalue weighted by Gasteiger charge is 2.13. The Hall–Kier alpha value is -2.64. The van der Waals surface area contributed by atoms with E-state index < -0.39 is 0 Å². The highest BCUT2D eigenvalue weighted by Crippen LogP contribution is 2.14. The number of tetrazole rings is 1. The third-order valence-corrected chi connectivity index (χ3v) is 2.58. The number of H-pyrrole nitrogens is 1. The molecule has 0 aliphatic rings. The third-order valence-electron chi connectivity index (χ3n) is 2.58. The van der Waals surface area contributed by atoms with Gasteiger partial charge in [0.25, 0.3) is 0 Å². The lowest BCUT2D eigenvalue weighted by Crippen LogP contribution is -2.28. The minimum atomic E-state index is -0.298. The molecule has 0 spiro atoms. The van der Waals surface area contributed by atoms with Crippen LogP contribution in [0.3, 0.4) is 0 Å². The fraction of sp³-hybridized carbons (Fsp3) is 0.333. The minimum Gasteiger partial charge on any atom is -0.493 e. The molecular weight excluding hydrogens is 260 g/mol. The zero-order valence-corrected chi connectivity index (χ0v) is 11.0. The van der Waals surface area contributed by atoms with Crippen molar-refractivity contribution in [3.05, 3.63) is 30.1 Å². The molecule has 1 aromatic carbocycles. The number of nitrogens with two attached hydrogens (primary N) is 1. The van der Waals surface area contributed by atoms with Gasteiger partial charge in [0.1, 0.15) is 5.75 Å². The summed E-state index contributed by atoms with van der Waals surface area (Å²) in [6, 6.07) is 6.76. The second-order valence-corrected chi connectivity index (χ2v) is 4.23. The molecule has 8 nitrogen and oxygen atoms in total. The topological polar surface area (TPSA) is 119 Å². The molecule has 20 heavy (non-hydrogen) atoms. The van der Waals surface area contributed by atoms with E-state index in [1.54, 1.807) is 31.2 Å². The molecule has 0 fully saturated rings. The first-order chi connectivity index (χ1) is 9.65. The summed E-state index contributed by atoms with van der Waals surface area (Å²) in [5.41, 5.74) is 6.25. The van der Waals surface area contributed by atoms with Crippen LogP contribution in [-0.4, -0.2) is 33.1 Å². The molecule has 0 bridgehead atoms. The van der Waals surface area contributed by atoms with Crippen molar-refractivity contribution in [3.8, 4) is 5.75 Å². The predicted molar refractivity (Wildman–Crippen MR) is 71.7 cm³/mol. The largest absolute Gasteiger partial charge is 0.493 e. The Morgan fingerprint density at radius 1 is 1.55 bits per heavy atom. The van der Waals surface area contributed by atoms with Gasteiger partial charge in [0.15, 0.2) is 5.82 Å². The highest BCUT2D eigenvalue weighted by atomic mass is 16.5. The lowest BCUT2D eigenvalue weighted by atomic mass is 10.3. The number of aromatic nitrogens is 4. The van der Waals surface area contributed by atoms with Crippen molar-refractivity contribution in [2.45, 2.75) is 19.4 Å². The number of carbonyl (C=O) groups excluding carboxylic acids is 1. The van der Waals surface area contributed by atoms with Gasteiger partial charge in [0.2, 0.25) is 5.91 Å². The van der Waals surface area contributed by atoms with E-state index >= 15 is 0 Å². The lowest BCUT2D eigenvalue weighted by Gasteiger charge is -2.10. The number of aromatic amines is 1. The van der Waals surface area contributed by atoms with Gasteiger partial charge in [-0.25, -0.2) is 0 Å². The number of hydrogen-bond donors (Lipinski definition) is 3. The summed E-state index contributed by atoms with van der Waals surface area (Å²) in [5, 5.41) is 16.1. The van der Waals surface area contributed by atoms with Gasteiger partial charge in [-0.05, 0) is 19.1 Å². The van der Waals surface area contributed by atoms with Crippen LogP contribution in [0.5, 0.6) is 5.75 Å². The first-order valence-corrected chi connectivity index (χ1v) is 6.16. The highest BCUT2D eigenvalue weighted by molar-refractivity contribution is 5.76. The van der Waals surface area contributed by atoms with Crippen LogP contribution in [0.25, 0.3) is 0 Å². The number of anilines is 1. The van der Waals surface area contributed by atoms with E-state index in [1.807, 2.05) is 0 Å². The van der Waals surface area contributed by atoms with Gasteiger partial charge in [-0.15, -0.1) is 10.2 Å². The summed E-state index contributed by atoms with van der Waals surface area (Å²) >= 11 is 0. The number of ether oxygens (including phenoxy) is 1. The van der Waals surface area contributed by atoms with Crippen LogP contribution < -0.4 is 15.8 Å². The minimum absolute atomic E-state index is 0.147. The molecule has 8 heteroatoms. The van der Waals surface area contributed by atoms with Crippen LogP contribution in [0, 0.1) is 0 Å². The molecule has 1 heterocycles. The van der Waals surface area contributed by atoms with E-state index in [0.29, 0.717) is 17.3 Å². The number of nitrogens with one attached hydrogen (secondary N) is 2. The molecule has 0 radical (unpaired) electrons. The smallest absolute Gasteiger partial charge is 0.224 e. The molecule has 0 aliphatic heterocycles. The molecule has 1 aromatic heterocycles. The normalized spacial score (nSPS) is 11.8. The van der Waals surface area contributed by atoms with Gasteiger partial charge >= 0.3 is 0 Å². The monoisotopic (exact) mass is 276 g/mol. The number of hydrogen-bond acceptors (Lipinski definition) is 6. The Balaban J connectivity index is 1.73. The van der Waals surface area contributed by atoms with Gasteiger partial charge in [0, 0.05) is 11.8 Å². The average Bonchev–Trinajstić information content (AvgIpc) is 2.92. The van der Waals surface area contributed by atoms with Crippen LogP contribution >= 0.6 is 0 Å². The Labute approximate surface area is 115 Å². The number of nitrogens with zero attached hydrogens (tertiary/aromatic N) is 3. The number of carbonyl (C=O) groups is 1. The van der Waals surface area contributed by atoms with Gasteiger partial charge in [0.05, 0.1) is 19.1 Å². The standard InChI is InChI=1S/C12H16N6O2/c1-8(12-15-17-18-16-12)14-11(19)5-6-20-10-4-2-3-9(13)7-10/h2-4,7-8H,5-6,13H2,1H3,(H,14,19)(H,15,16,17,18). The van der Waals surface area contributed by atoms with Crippen molar-refractivity contribution < 1.29 is 9.53 Å². The fourth-order valence-corrected chi connectivity index (χ4v) is 1.60. The zero-order chi connectivity index (χ0) is 14.4. The number of benzene rings is 1. The van der Waals surface area contributed by atoms with Gasteiger partial charge in [-0.3, -0.25) is 4.79 Å². The van der Waals surface area contributed by atoms with Gasteiger partial charge < -0.3 is 15.8 Å². The number of nitrogen functional groups attached to an aromatic ring is 1. The van der Waals surface area contributed by atoms with E-state index in [9.17, 15) is 4.79 Å². The molecule has 0 aliphatic carbocycles. The van der Waals surface area contributed by atoms with Crippen LogP contribution in [0.4, 0.5) is 5.69 Å². The maximum absolute atomic E-state index is 11.7. The second kappa shape index (κ2) is 6.50. The second-order valence-electron chi connectivity index (χ2n) is 4.23. The quantitative estimate of drug-likeness (QED) is 0.658. The first-order valence-electron chi connectivity index (χ1n) is 6.16. The van der Waals surface area contributed by atoms with Crippen LogP contribution in [-0.2, 0) is 4.79 Å². The Kier molecular flexibility index (Phi) is 4.48. The van der Waals surface area contributed by atoms with Gasteiger partial charge in [-0.1, -0.05) is 11.3 Å². The van der Waals surface area contributed by atoms with E-state index in [0.717, 1.165) is 0 Å². The van der Waals surface area contributed by atoms with E-state index in [-0.39, 0.29) is 25.0 Å². The van der Waals surface area contributed by atoms with Crippen LogP contribution in [0.1, 0.15) is 25.2 Å². The lowest BCUT2D eigenvalue weighted by molar-refractivity contribution is -0.122. The van der Waals surface area contributed by atoms with Crippen molar-refractivity contribution in [1.82, 2.24) is 25.9 Å².